The van der Waals surface area contributed by atoms with E-state index in [0.717, 1.165) is 56.5 Å². The van der Waals surface area contributed by atoms with Gasteiger partial charge in [-0.15, -0.1) is 0 Å². The number of benzene rings is 1. The number of ether oxygens (including phenoxy) is 1. The smallest absolute Gasteiger partial charge is 0.250 e. The first kappa shape index (κ1) is 20.0. The zero-order chi connectivity index (χ0) is 21.2. The van der Waals surface area contributed by atoms with E-state index < -0.39 is 0 Å². The summed E-state index contributed by atoms with van der Waals surface area (Å²) >= 11 is 0. The molecule has 7 nitrogen and oxygen atoms in total. The van der Waals surface area contributed by atoms with Gasteiger partial charge >= 0.3 is 0 Å². The first-order valence-corrected chi connectivity index (χ1v) is 11.2. The number of hydrogen-bond acceptors (Lipinski definition) is 6. The highest BCUT2D eigenvalue weighted by Gasteiger charge is 2.21. The molecule has 0 atom stereocenters. The van der Waals surface area contributed by atoms with Gasteiger partial charge in [0.05, 0.1) is 10.9 Å². The summed E-state index contributed by atoms with van der Waals surface area (Å²) in [6, 6.07) is 9.99. The molecule has 0 N–H and O–H groups in total. The van der Waals surface area contributed by atoms with Crippen molar-refractivity contribution in [1.82, 2.24) is 19.4 Å². The van der Waals surface area contributed by atoms with Crippen LogP contribution in [-0.2, 0) is 13.6 Å². The molecule has 31 heavy (non-hydrogen) atoms. The van der Waals surface area contributed by atoms with Crippen LogP contribution in [0.15, 0.2) is 47.7 Å². The highest BCUT2D eigenvalue weighted by molar-refractivity contribution is 5.86. The summed E-state index contributed by atoms with van der Waals surface area (Å²) in [5.74, 6) is 0.715. The number of aromatic nitrogens is 3. The molecule has 1 aliphatic heterocycles. The Morgan fingerprint density at radius 2 is 1.84 bits per heavy atom. The second-order valence-corrected chi connectivity index (χ2v) is 8.65. The van der Waals surface area contributed by atoms with Crippen molar-refractivity contribution >= 4 is 16.6 Å². The Hall–Kier alpha value is -2.93. The van der Waals surface area contributed by atoms with Gasteiger partial charge in [0.2, 0.25) is 11.4 Å². The van der Waals surface area contributed by atoms with Gasteiger partial charge in [0.15, 0.2) is 0 Å². The second-order valence-electron chi connectivity index (χ2n) is 8.65. The fourth-order valence-corrected chi connectivity index (χ4v) is 4.64. The normalized spacial score (nSPS) is 18.0. The molecular weight excluding hydrogens is 390 g/mol. The van der Waals surface area contributed by atoms with Crippen molar-refractivity contribution in [3.8, 4) is 5.88 Å². The quantitative estimate of drug-likeness (QED) is 0.634. The maximum absolute atomic E-state index is 11.6. The van der Waals surface area contributed by atoms with Gasteiger partial charge in [-0.2, -0.15) is 0 Å². The molecule has 162 valence electrons. The number of pyridine rings is 1. The van der Waals surface area contributed by atoms with Gasteiger partial charge < -0.3 is 14.2 Å². The number of nitrogens with zero attached hydrogens (tertiary/aromatic N) is 5. The molecule has 1 saturated heterocycles. The zero-order valence-electron chi connectivity index (χ0n) is 18.0. The third-order valence-corrected chi connectivity index (χ3v) is 6.45. The van der Waals surface area contributed by atoms with Gasteiger partial charge in [0.1, 0.15) is 12.4 Å². The van der Waals surface area contributed by atoms with Crippen molar-refractivity contribution in [3.63, 3.8) is 0 Å². The van der Waals surface area contributed by atoms with Crippen LogP contribution in [0.5, 0.6) is 5.88 Å². The van der Waals surface area contributed by atoms with Crippen LogP contribution in [0.3, 0.4) is 0 Å². The van der Waals surface area contributed by atoms with Crippen LogP contribution in [-0.4, -0.2) is 51.7 Å². The van der Waals surface area contributed by atoms with Crippen LogP contribution in [0.4, 0.5) is 5.69 Å². The fraction of sp³-hybridized carbons (Fsp3) is 0.458. The van der Waals surface area contributed by atoms with Gasteiger partial charge in [0, 0.05) is 57.7 Å². The van der Waals surface area contributed by atoms with Crippen molar-refractivity contribution in [2.45, 2.75) is 38.3 Å². The SMILES string of the molecule is Cn1cc(CN2CCN(c3ccc4ncnc(OC5CCCC5)c4c3)CC2)ccc1=O. The fourth-order valence-electron chi connectivity index (χ4n) is 4.64. The molecule has 1 aromatic carbocycles. The predicted octanol–water partition coefficient (Wildman–Crippen LogP) is 2.97. The number of anilines is 1. The van der Waals surface area contributed by atoms with Crippen molar-refractivity contribution in [2.24, 2.45) is 7.05 Å². The van der Waals surface area contributed by atoms with E-state index in [9.17, 15) is 4.79 Å². The number of hydrogen-bond donors (Lipinski definition) is 0. The van der Waals surface area contributed by atoms with E-state index >= 15 is 0 Å². The molecule has 2 fully saturated rings. The number of fused-ring (bicyclic) bond motifs is 1. The second kappa shape index (κ2) is 8.67. The van der Waals surface area contributed by atoms with Crippen LogP contribution < -0.4 is 15.2 Å². The summed E-state index contributed by atoms with van der Waals surface area (Å²) < 4.78 is 7.88. The largest absolute Gasteiger partial charge is 0.474 e. The molecule has 1 saturated carbocycles. The average Bonchev–Trinajstić information content (AvgIpc) is 3.30. The van der Waals surface area contributed by atoms with E-state index in [1.165, 1.54) is 24.1 Å². The lowest BCUT2D eigenvalue weighted by atomic mass is 10.1. The Bertz CT molecular complexity index is 1110. The minimum atomic E-state index is 0.0325. The summed E-state index contributed by atoms with van der Waals surface area (Å²) in [6.45, 7) is 4.76. The van der Waals surface area contributed by atoms with Gasteiger partial charge in [0.25, 0.3) is 0 Å². The van der Waals surface area contributed by atoms with Crippen LogP contribution in [0.25, 0.3) is 10.9 Å². The first-order valence-electron chi connectivity index (χ1n) is 11.2. The molecule has 0 radical (unpaired) electrons. The molecule has 0 unspecified atom stereocenters. The lowest BCUT2D eigenvalue weighted by molar-refractivity contribution is 0.204. The maximum Gasteiger partial charge on any atom is 0.250 e. The third-order valence-electron chi connectivity index (χ3n) is 6.45. The molecule has 3 aromatic rings. The van der Waals surface area contributed by atoms with Gasteiger partial charge in [-0.3, -0.25) is 9.69 Å². The molecule has 3 heterocycles. The van der Waals surface area contributed by atoms with E-state index in [0.29, 0.717) is 5.88 Å². The van der Waals surface area contributed by atoms with Crippen LogP contribution in [0, 0.1) is 0 Å². The average molecular weight is 420 g/mol. The molecule has 0 spiro atoms. The molecule has 0 bridgehead atoms. The molecular formula is C24H29N5O2. The lowest BCUT2D eigenvalue weighted by Crippen LogP contribution is -2.46. The lowest BCUT2D eigenvalue weighted by Gasteiger charge is -2.36. The minimum Gasteiger partial charge on any atom is -0.474 e. The summed E-state index contributed by atoms with van der Waals surface area (Å²) in [6.07, 6.45) is 8.52. The number of piperazine rings is 1. The topological polar surface area (TPSA) is 63.5 Å². The van der Waals surface area contributed by atoms with Crippen molar-refractivity contribution in [1.29, 1.82) is 0 Å². The van der Waals surface area contributed by atoms with Gasteiger partial charge in [-0.1, -0.05) is 6.07 Å². The highest BCUT2D eigenvalue weighted by Crippen LogP contribution is 2.30. The molecule has 1 aliphatic carbocycles. The van der Waals surface area contributed by atoms with Gasteiger partial charge in [-0.25, -0.2) is 9.97 Å². The van der Waals surface area contributed by atoms with E-state index in [-0.39, 0.29) is 11.7 Å². The third kappa shape index (κ3) is 4.42. The van der Waals surface area contributed by atoms with Crippen molar-refractivity contribution in [3.05, 3.63) is 58.8 Å². The van der Waals surface area contributed by atoms with E-state index in [1.807, 2.05) is 12.3 Å². The van der Waals surface area contributed by atoms with Crippen LogP contribution in [0.1, 0.15) is 31.2 Å². The van der Waals surface area contributed by atoms with E-state index in [4.69, 9.17) is 4.74 Å². The minimum absolute atomic E-state index is 0.0325. The summed E-state index contributed by atoms with van der Waals surface area (Å²) in [7, 11) is 1.80. The maximum atomic E-state index is 11.6. The van der Waals surface area contributed by atoms with Crippen LogP contribution in [0.2, 0.25) is 0 Å². The number of aryl methyl sites for hydroxylation is 1. The zero-order valence-corrected chi connectivity index (χ0v) is 18.0. The Labute approximate surface area is 182 Å². The summed E-state index contributed by atoms with van der Waals surface area (Å²) in [4.78, 5) is 25.3. The molecule has 0 amide bonds. The van der Waals surface area contributed by atoms with Crippen molar-refractivity contribution in [2.75, 3.05) is 31.1 Å². The monoisotopic (exact) mass is 419 g/mol. The summed E-state index contributed by atoms with van der Waals surface area (Å²) in [5.41, 5.74) is 3.33. The Balaban J connectivity index is 1.27. The molecule has 2 aliphatic rings. The van der Waals surface area contributed by atoms with Crippen molar-refractivity contribution < 1.29 is 4.74 Å². The Kier molecular flexibility index (Phi) is 5.59. The standard InChI is InChI=1S/C24H29N5O2/c1-27-15-18(6-9-23(27)30)16-28-10-12-29(13-11-28)19-7-8-22-21(14-19)24(26-17-25-22)31-20-4-2-3-5-20/h6-9,14-15,17,20H,2-5,10-13,16H2,1H3. The van der Waals surface area contributed by atoms with Gasteiger partial charge in [-0.05, 0) is 49.4 Å². The van der Waals surface area contributed by atoms with E-state index in [1.54, 1.807) is 24.0 Å². The Morgan fingerprint density at radius 1 is 1.03 bits per heavy atom. The summed E-state index contributed by atoms with van der Waals surface area (Å²) in [5, 5.41) is 1.000. The van der Waals surface area contributed by atoms with E-state index in [2.05, 4.69) is 38.0 Å². The predicted molar refractivity (Wildman–Crippen MR) is 122 cm³/mol. The van der Waals surface area contributed by atoms with Crippen LogP contribution >= 0.6 is 0 Å². The Morgan fingerprint density at radius 3 is 2.61 bits per heavy atom. The first-order chi connectivity index (χ1) is 15.2. The molecule has 5 rings (SSSR count). The molecule has 2 aromatic heterocycles. The number of rotatable bonds is 5. The molecule has 7 heteroatoms. The highest BCUT2D eigenvalue weighted by atomic mass is 16.5.